The zero-order valence-corrected chi connectivity index (χ0v) is 35.5. The molecule has 0 radical (unpaired) electrons. The van der Waals surface area contributed by atoms with Crippen molar-refractivity contribution >= 4 is 82.2 Å². The fourth-order valence-electron chi connectivity index (χ4n) is 10.4. The van der Waals surface area contributed by atoms with E-state index in [9.17, 15) is 0 Å². The number of hydrogen-bond donors (Lipinski definition) is 0. The van der Waals surface area contributed by atoms with Crippen molar-refractivity contribution < 1.29 is 0 Å². The summed E-state index contributed by atoms with van der Waals surface area (Å²) in [5.74, 6) is 0. The maximum atomic E-state index is 2.47. The number of hydrogen-bond acceptors (Lipinski definition) is 1. The van der Waals surface area contributed by atoms with Crippen LogP contribution in [0.15, 0.2) is 249 Å². The number of fused-ring (bicyclic) bond motifs is 8. The zero-order valence-electron chi connectivity index (χ0n) is 35.5. The van der Waals surface area contributed by atoms with Crippen LogP contribution in [0.2, 0.25) is 0 Å². The molecule has 0 atom stereocenters. The summed E-state index contributed by atoms with van der Waals surface area (Å²) in [6.45, 7) is 0. The van der Waals surface area contributed by atoms with Crippen molar-refractivity contribution in [3.63, 3.8) is 0 Å². The lowest BCUT2D eigenvalue weighted by Gasteiger charge is -2.29. The molecular formula is C62H41N3. The van der Waals surface area contributed by atoms with Crippen molar-refractivity contribution in [3.8, 4) is 33.6 Å². The summed E-state index contributed by atoms with van der Waals surface area (Å²) in [4.78, 5) is 2.47. The second-order valence-corrected chi connectivity index (χ2v) is 16.9. The topological polar surface area (TPSA) is 13.1 Å². The van der Waals surface area contributed by atoms with Crippen molar-refractivity contribution in [2.75, 3.05) is 4.90 Å². The molecule has 65 heavy (non-hydrogen) atoms. The van der Waals surface area contributed by atoms with E-state index in [2.05, 4.69) is 263 Å². The van der Waals surface area contributed by atoms with Crippen LogP contribution in [0.4, 0.5) is 17.1 Å². The number of nitrogens with zero attached hydrogens (tertiary/aromatic N) is 3. The van der Waals surface area contributed by atoms with Gasteiger partial charge in [0.05, 0.1) is 39.1 Å². The van der Waals surface area contributed by atoms with Gasteiger partial charge in [-0.05, 0) is 100 Å². The van der Waals surface area contributed by atoms with Crippen LogP contribution in [0, 0.1) is 0 Å². The van der Waals surface area contributed by atoms with E-state index in [4.69, 9.17) is 0 Å². The van der Waals surface area contributed by atoms with Crippen molar-refractivity contribution in [3.05, 3.63) is 249 Å². The minimum Gasteiger partial charge on any atom is -0.309 e. The Hall–Kier alpha value is -8.66. The quantitative estimate of drug-likeness (QED) is 0.156. The van der Waals surface area contributed by atoms with E-state index in [0.717, 1.165) is 28.4 Å². The molecule has 3 heteroatoms. The molecule has 2 heterocycles. The third-order valence-corrected chi connectivity index (χ3v) is 13.3. The number of rotatable bonds is 7. The predicted octanol–water partition coefficient (Wildman–Crippen LogP) is 17.0. The molecule has 0 spiro atoms. The molecule has 0 aliphatic carbocycles. The highest BCUT2D eigenvalue weighted by atomic mass is 15.1. The number of para-hydroxylation sites is 4. The Labute approximate surface area is 376 Å². The van der Waals surface area contributed by atoms with E-state index < -0.39 is 0 Å². The van der Waals surface area contributed by atoms with Gasteiger partial charge in [0.15, 0.2) is 0 Å². The Bertz CT molecular complexity index is 3880. The highest BCUT2D eigenvalue weighted by Crippen LogP contribution is 2.47. The standard InChI is InChI=1S/C62H41N3/c1-3-17-42(18-4-1)43-31-34-46(35-32-43)64(60-39-40-61(53-24-10-9-23-52(53)60)65-57-29-15-11-25-50(57)51-26-12-16-30-58(51)65)59-38-36-47(48-21-7-8-22-49(48)59)44-33-37-62-55(41-44)54-27-13-14-28-56(54)63(62)45-19-5-2-6-20-45/h1-41H. The highest BCUT2D eigenvalue weighted by molar-refractivity contribution is 6.15. The number of aromatic nitrogens is 2. The molecule has 0 amide bonds. The van der Waals surface area contributed by atoms with Gasteiger partial charge in [-0.1, -0.05) is 176 Å². The van der Waals surface area contributed by atoms with Gasteiger partial charge in [-0.3, -0.25) is 0 Å². The third-order valence-electron chi connectivity index (χ3n) is 13.3. The van der Waals surface area contributed by atoms with Gasteiger partial charge < -0.3 is 14.0 Å². The van der Waals surface area contributed by atoms with Crippen LogP contribution in [0.1, 0.15) is 0 Å². The minimum absolute atomic E-state index is 1.09. The minimum atomic E-state index is 1.09. The molecule has 0 aliphatic rings. The lowest BCUT2D eigenvalue weighted by molar-refractivity contribution is 1.18. The summed E-state index contributed by atoms with van der Waals surface area (Å²) in [6.07, 6.45) is 0. The normalized spacial score (nSPS) is 11.7. The van der Waals surface area contributed by atoms with Crippen LogP contribution >= 0.6 is 0 Å². The van der Waals surface area contributed by atoms with Crippen LogP contribution in [-0.4, -0.2) is 9.13 Å². The first kappa shape index (κ1) is 36.9. The second kappa shape index (κ2) is 15.0. The first-order valence-corrected chi connectivity index (χ1v) is 22.4. The summed E-state index contributed by atoms with van der Waals surface area (Å²) in [5, 5.41) is 9.74. The SMILES string of the molecule is c1ccc(-c2ccc(N(c3ccc(-c4ccc5c(c4)c4ccccc4n5-c4ccccc4)c4ccccc34)c3ccc(-n4c5ccccc5c5ccccc54)c4ccccc34)cc2)cc1. The molecule has 2 aromatic heterocycles. The summed E-state index contributed by atoms with van der Waals surface area (Å²) < 4.78 is 4.82. The third kappa shape index (κ3) is 5.90. The maximum absolute atomic E-state index is 2.47. The van der Waals surface area contributed by atoms with Gasteiger partial charge in [-0.15, -0.1) is 0 Å². The summed E-state index contributed by atoms with van der Waals surface area (Å²) >= 11 is 0. The fraction of sp³-hybridized carbons (Fsp3) is 0. The number of benzene rings is 11. The van der Waals surface area contributed by atoms with E-state index >= 15 is 0 Å². The van der Waals surface area contributed by atoms with Gasteiger partial charge in [0.25, 0.3) is 0 Å². The van der Waals surface area contributed by atoms with Gasteiger partial charge in [0.2, 0.25) is 0 Å². The van der Waals surface area contributed by atoms with E-state index in [1.165, 1.54) is 87.4 Å². The van der Waals surface area contributed by atoms with E-state index in [-0.39, 0.29) is 0 Å². The molecule has 0 fully saturated rings. The summed E-state index contributed by atoms with van der Waals surface area (Å²) in [5.41, 5.74) is 15.2. The molecule has 3 nitrogen and oxygen atoms in total. The molecule has 11 aromatic carbocycles. The van der Waals surface area contributed by atoms with Crippen LogP contribution in [0.3, 0.4) is 0 Å². The molecule has 13 rings (SSSR count). The van der Waals surface area contributed by atoms with Gasteiger partial charge in [0.1, 0.15) is 0 Å². The first-order valence-electron chi connectivity index (χ1n) is 22.4. The Morgan fingerprint density at radius 2 is 0.708 bits per heavy atom. The van der Waals surface area contributed by atoms with E-state index in [1.54, 1.807) is 0 Å². The van der Waals surface area contributed by atoms with Gasteiger partial charge >= 0.3 is 0 Å². The highest BCUT2D eigenvalue weighted by Gasteiger charge is 2.23. The van der Waals surface area contributed by atoms with Crippen LogP contribution in [0.25, 0.3) is 98.8 Å². The zero-order chi connectivity index (χ0) is 42.8. The Morgan fingerprint density at radius 3 is 1.35 bits per heavy atom. The fourth-order valence-corrected chi connectivity index (χ4v) is 10.4. The molecule has 0 aliphatic heterocycles. The van der Waals surface area contributed by atoms with Crippen LogP contribution in [0.5, 0.6) is 0 Å². The van der Waals surface area contributed by atoms with Crippen LogP contribution < -0.4 is 4.90 Å². The molecule has 13 aromatic rings. The average molecular weight is 828 g/mol. The average Bonchev–Trinajstić information content (AvgIpc) is 3.90. The lowest BCUT2D eigenvalue weighted by Crippen LogP contribution is -2.12. The Morgan fingerprint density at radius 1 is 0.262 bits per heavy atom. The smallest absolute Gasteiger partial charge is 0.0542 e. The van der Waals surface area contributed by atoms with Crippen molar-refractivity contribution in [1.29, 1.82) is 0 Å². The van der Waals surface area contributed by atoms with E-state index in [0.29, 0.717) is 0 Å². The molecule has 0 bridgehead atoms. The second-order valence-electron chi connectivity index (χ2n) is 16.9. The molecule has 0 N–H and O–H groups in total. The maximum Gasteiger partial charge on any atom is 0.0542 e. The van der Waals surface area contributed by atoms with Gasteiger partial charge in [-0.25, -0.2) is 0 Å². The van der Waals surface area contributed by atoms with Crippen molar-refractivity contribution in [2.24, 2.45) is 0 Å². The molecular weight excluding hydrogens is 787 g/mol. The molecule has 0 unspecified atom stereocenters. The molecule has 0 saturated heterocycles. The van der Waals surface area contributed by atoms with Crippen LogP contribution in [-0.2, 0) is 0 Å². The largest absolute Gasteiger partial charge is 0.309 e. The Kier molecular flexibility index (Phi) is 8.53. The van der Waals surface area contributed by atoms with Gasteiger partial charge in [0, 0.05) is 49.1 Å². The monoisotopic (exact) mass is 827 g/mol. The molecule has 304 valence electrons. The summed E-state index contributed by atoms with van der Waals surface area (Å²) in [6, 6.07) is 90.8. The first-order chi connectivity index (χ1) is 32.3. The van der Waals surface area contributed by atoms with Gasteiger partial charge in [-0.2, -0.15) is 0 Å². The van der Waals surface area contributed by atoms with E-state index in [1.807, 2.05) is 0 Å². The summed E-state index contributed by atoms with van der Waals surface area (Å²) in [7, 11) is 0. The predicted molar refractivity (Wildman–Crippen MR) is 276 cm³/mol. The molecule has 0 saturated carbocycles. The number of anilines is 3. The Balaban J connectivity index is 1.02. The van der Waals surface area contributed by atoms with Crippen molar-refractivity contribution in [2.45, 2.75) is 0 Å². The lowest BCUT2D eigenvalue weighted by atomic mass is 9.95. The van der Waals surface area contributed by atoms with Crippen molar-refractivity contribution in [1.82, 2.24) is 9.13 Å².